The van der Waals surface area contributed by atoms with E-state index in [9.17, 15) is 0 Å². The molecule has 0 amide bonds. The quantitative estimate of drug-likeness (QED) is 0.393. The summed E-state index contributed by atoms with van der Waals surface area (Å²) in [6.07, 6.45) is 2.48. The second kappa shape index (κ2) is 11.1. The van der Waals surface area contributed by atoms with E-state index in [-0.39, 0.29) is 30.0 Å². The molecule has 6 nitrogen and oxygen atoms in total. The summed E-state index contributed by atoms with van der Waals surface area (Å²) in [6, 6.07) is 8.51. The van der Waals surface area contributed by atoms with Gasteiger partial charge < -0.3 is 20.1 Å². The molecule has 1 aromatic rings. The molecule has 7 heteroatoms. The van der Waals surface area contributed by atoms with Crippen LogP contribution in [0.2, 0.25) is 0 Å². The van der Waals surface area contributed by atoms with Crippen LogP contribution in [0.3, 0.4) is 0 Å². The highest BCUT2D eigenvalue weighted by molar-refractivity contribution is 14.0. The maximum atomic E-state index is 6.32. The fraction of sp³-hybridized carbons (Fsp3) is 0.650. The number of nitrogens with two attached hydrogens (primary N) is 1. The van der Waals surface area contributed by atoms with Crippen molar-refractivity contribution < 1.29 is 9.47 Å². The number of rotatable bonds is 5. The lowest BCUT2D eigenvalue weighted by Gasteiger charge is -2.35. The minimum atomic E-state index is 0. The zero-order valence-corrected chi connectivity index (χ0v) is 18.8. The molecule has 0 radical (unpaired) electrons. The molecule has 2 atom stereocenters. The Morgan fingerprint density at radius 2 is 1.96 bits per heavy atom. The van der Waals surface area contributed by atoms with Crippen LogP contribution in [-0.2, 0) is 4.74 Å². The third kappa shape index (κ3) is 6.22. The zero-order chi connectivity index (χ0) is 18.4. The van der Waals surface area contributed by atoms with Crippen molar-refractivity contribution in [3.05, 3.63) is 29.8 Å². The van der Waals surface area contributed by atoms with Crippen LogP contribution >= 0.6 is 24.0 Å². The third-order valence-electron chi connectivity index (χ3n) is 5.39. The van der Waals surface area contributed by atoms with Crippen LogP contribution in [0.5, 0.6) is 5.75 Å². The lowest BCUT2D eigenvalue weighted by molar-refractivity contribution is 0.0179. The molecule has 27 heavy (non-hydrogen) atoms. The summed E-state index contributed by atoms with van der Waals surface area (Å²) in [7, 11) is 1.69. The number of nitrogens with zero attached hydrogens (tertiary/aromatic N) is 3. The highest BCUT2D eigenvalue weighted by atomic mass is 127. The number of benzene rings is 1. The van der Waals surface area contributed by atoms with E-state index in [0.717, 1.165) is 45.1 Å². The van der Waals surface area contributed by atoms with Crippen LogP contribution in [0.15, 0.2) is 29.3 Å². The fourth-order valence-corrected chi connectivity index (χ4v) is 3.82. The van der Waals surface area contributed by atoms with Crippen LogP contribution in [-0.4, -0.2) is 68.8 Å². The molecule has 0 saturated carbocycles. The van der Waals surface area contributed by atoms with E-state index < -0.39 is 0 Å². The molecule has 2 aliphatic heterocycles. The number of piperidine rings is 1. The van der Waals surface area contributed by atoms with Gasteiger partial charge in [-0.15, -0.1) is 24.0 Å². The van der Waals surface area contributed by atoms with E-state index >= 15 is 0 Å². The Kier molecular flexibility index (Phi) is 9.11. The van der Waals surface area contributed by atoms with Crippen LogP contribution in [0, 0.1) is 5.92 Å². The van der Waals surface area contributed by atoms with Crippen molar-refractivity contribution in [2.24, 2.45) is 16.6 Å². The number of ether oxygens (including phenoxy) is 2. The van der Waals surface area contributed by atoms with Gasteiger partial charge in [0, 0.05) is 26.2 Å². The van der Waals surface area contributed by atoms with Crippen molar-refractivity contribution in [2.45, 2.75) is 25.8 Å². The Bertz CT molecular complexity index is 590. The highest BCUT2D eigenvalue weighted by Crippen LogP contribution is 2.25. The van der Waals surface area contributed by atoms with Crippen LogP contribution in [0.25, 0.3) is 0 Å². The molecule has 0 spiro atoms. The van der Waals surface area contributed by atoms with Crippen LogP contribution in [0.1, 0.15) is 31.4 Å². The van der Waals surface area contributed by atoms with Gasteiger partial charge in [-0.1, -0.05) is 19.1 Å². The smallest absolute Gasteiger partial charge is 0.191 e. The topological polar surface area (TPSA) is 63.3 Å². The normalized spacial score (nSPS) is 22.8. The van der Waals surface area contributed by atoms with E-state index in [1.54, 1.807) is 7.11 Å². The number of methoxy groups -OCH3 is 1. The van der Waals surface area contributed by atoms with Crippen molar-refractivity contribution in [2.75, 3.05) is 53.0 Å². The van der Waals surface area contributed by atoms with Crippen LogP contribution in [0.4, 0.5) is 0 Å². The summed E-state index contributed by atoms with van der Waals surface area (Å²) < 4.78 is 10.8. The maximum Gasteiger partial charge on any atom is 0.191 e. The van der Waals surface area contributed by atoms with Crippen molar-refractivity contribution in [3.63, 3.8) is 0 Å². The molecule has 0 aromatic heterocycles. The first-order chi connectivity index (χ1) is 12.7. The van der Waals surface area contributed by atoms with E-state index in [0.29, 0.717) is 18.4 Å². The third-order valence-corrected chi connectivity index (χ3v) is 5.39. The van der Waals surface area contributed by atoms with Crippen molar-refractivity contribution in [1.82, 2.24) is 9.80 Å². The van der Waals surface area contributed by atoms with E-state index in [2.05, 4.69) is 28.9 Å². The van der Waals surface area contributed by atoms with Gasteiger partial charge in [0.2, 0.25) is 0 Å². The zero-order valence-electron chi connectivity index (χ0n) is 16.5. The summed E-state index contributed by atoms with van der Waals surface area (Å²) in [5, 5.41) is 0. The molecule has 152 valence electrons. The van der Waals surface area contributed by atoms with Gasteiger partial charge >= 0.3 is 0 Å². The molecular formula is C20H33IN4O2. The van der Waals surface area contributed by atoms with Gasteiger partial charge in [0.05, 0.1) is 32.9 Å². The molecule has 2 unspecified atom stereocenters. The molecule has 2 heterocycles. The lowest BCUT2D eigenvalue weighted by atomic mass is 10.0. The molecule has 2 fully saturated rings. The Labute approximate surface area is 180 Å². The Balaban J connectivity index is 0.00000261. The van der Waals surface area contributed by atoms with E-state index in [1.165, 1.54) is 18.4 Å². The first-order valence-electron chi connectivity index (χ1n) is 9.68. The standard InChI is InChI=1S/C20H32N4O2.HI/c1-16-4-3-9-24(15-16)20(21)22-14-19(23-10-12-26-13-11-23)17-5-7-18(25-2)8-6-17;/h5-8,16,19H,3-4,9-15H2,1-2H3,(H2,21,22);1H. The molecule has 2 N–H and O–H groups in total. The molecule has 0 bridgehead atoms. The van der Waals surface area contributed by atoms with Gasteiger partial charge in [-0.2, -0.15) is 0 Å². The van der Waals surface area contributed by atoms with Crippen molar-refractivity contribution >= 4 is 29.9 Å². The number of morpholine rings is 1. The van der Waals surface area contributed by atoms with Crippen molar-refractivity contribution in [1.29, 1.82) is 0 Å². The maximum absolute atomic E-state index is 6.32. The van der Waals surface area contributed by atoms with Gasteiger partial charge in [0.25, 0.3) is 0 Å². The minimum absolute atomic E-state index is 0. The average molecular weight is 488 g/mol. The van der Waals surface area contributed by atoms with Gasteiger partial charge in [-0.05, 0) is 36.5 Å². The number of likely N-dealkylation sites (tertiary alicyclic amines) is 1. The first kappa shape index (κ1) is 22.2. The summed E-state index contributed by atoms with van der Waals surface area (Å²) >= 11 is 0. The Morgan fingerprint density at radius 3 is 2.59 bits per heavy atom. The fourth-order valence-electron chi connectivity index (χ4n) is 3.82. The number of aliphatic imine (C=N–C) groups is 1. The van der Waals surface area contributed by atoms with Crippen molar-refractivity contribution in [3.8, 4) is 5.75 Å². The SMILES string of the molecule is COc1ccc(C(CN=C(N)N2CCCC(C)C2)N2CCOCC2)cc1.I. The second-order valence-electron chi connectivity index (χ2n) is 7.33. The molecule has 1 aromatic carbocycles. The second-order valence-corrected chi connectivity index (χ2v) is 7.33. The van der Waals surface area contributed by atoms with Gasteiger partial charge in [0.1, 0.15) is 5.75 Å². The molecule has 2 saturated heterocycles. The lowest BCUT2D eigenvalue weighted by Crippen LogP contribution is -2.44. The monoisotopic (exact) mass is 488 g/mol. The summed E-state index contributed by atoms with van der Waals surface area (Å²) in [4.78, 5) is 9.46. The molecule has 3 rings (SSSR count). The minimum Gasteiger partial charge on any atom is -0.497 e. The predicted octanol–water partition coefficient (Wildman–Crippen LogP) is 2.73. The summed E-state index contributed by atoms with van der Waals surface area (Å²) in [5.41, 5.74) is 7.57. The van der Waals surface area contributed by atoms with E-state index in [1.807, 2.05) is 12.1 Å². The first-order valence-corrected chi connectivity index (χ1v) is 9.68. The summed E-state index contributed by atoms with van der Waals surface area (Å²) in [5.74, 6) is 2.25. The largest absolute Gasteiger partial charge is 0.497 e. The van der Waals surface area contributed by atoms with Gasteiger partial charge in [-0.25, -0.2) is 0 Å². The number of hydrogen-bond acceptors (Lipinski definition) is 4. The molecular weight excluding hydrogens is 455 g/mol. The van der Waals surface area contributed by atoms with Gasteiger partial charge in [0.15, 0.2) is 5.96 Å². The van der Waals surface area contributed by atoms with E-state index in [4.69, 9.17) is 20.2 Å². The van der Waals surface area contributed by atoms with Gasteiger partial charge in [-0.3, -0.25) is 9.89 Å². The van der Waals surface area contributed by atoms with Crippen LogP contribution < -0.4 is 10.5 Å². The predicted molar refractivity (Wildman–Crippen MR) is 120 cm³/mol. The molecule has 0 aliphatic carbocycles. The Hall–Kier alpha value is -1.06. The number of halogens is 1. The number of guanidine groups is 1. The Morgan fingerprint density at radius 1 is 1.26 bits per heavy atom. The molecule has 2 aliphatic rings. The average Bonchev–Trinajstić information content (AvgIpc) is 2.69. The summed E-state index contributed by atoms with van der Waals surface area (Å²) in [6.45, 7) is 8.38. The highest BCUT2D eigenvalue weighted by Gasteiger charge is 2.23. The number of hydrogen-bond donors (Lipinski definition) is 1.